The lowest BCUT2D eigenvalue weighted by atomic mass is 10.00. The van der Waals surface area contributed by atoms with Gasteiger partial charge in [-0.1, -0.05) is 58.4 Å². The smallest absolute Gasteiger partial charge is 0.157 e. The summed E-state index contributed by atoms with van der Waals surface area (Å²) in [5, 5.41) is 1.12. The zero-order chi connectivity index (χ0) is 17.5. The summed E-state index contributed by atoms with van der Waals surface area (Å²) < 4.78 is 1.04. The number of fused-ring (bicyclic) bond motifs is 2. The number of aromatic nitrogens is 3. The van der Waals surface area contributed by atoms with E-state index in [-0.39, 0.29) is 0 Å². The molecule has 0 amide bonds. The van der Waals surface area contributed by atoms with Crippen molar-refractivity contribution in [1.82, 2.24) is 15.0 Å². The number of rotatable bonds is 2. The van der Waals surface area contributed by atoms with E-state index in [1.54, 1.807) is 0 Å². The third-order valence-corrected chi connectivity index (χ3v) is 4.98. The Hall–Kier alpha value is -2.98. The van der Waals surface area contributed by atoms with Crippen molar-refractivity contribution in [1.29, 1.82) is 0 Å². The average Bonchev–Trinajstić information content (AvgIpc) is 3.12. The number of H-pyrrole nitrogens is 1. The molecule has 0 atom stereocenters. The molecule has 0 saturated carbocycles. The lowest BCUT2D eigenvalue weighted by Crippen LogP contribution is -1.91. The Morgan fingerprint density at radius 3 is 2.38 bits per heavy atom. The fraction of sp³-hybridized carbons (Fsp3) is 0. The molecule has 0 radical (unpaired) electrons. The van der Waals surface area contributed by atoms with E-state index in [4.69, 9.17) is 9.97 Å². The van der Waals surface area contributed by atoms with Crippen LogP contribution in [0.5, 0.6) is 0 Å². The van der Waals surface area contributed by atoms with Crippen molar-refractivity contribution in [2.75, 3.05) is 0 Å². The van der Waals surface area contributed by atoms with Crippen LogP contribution in [0.25, 0.3) is 44.6 Å². The Kier molecular flexibility index (Phi) is 3.57. The Balaban J connectivity index is 1.80. The minimum absolute atomic E-state index is 0.785. The molecular weight excluding hydrogens is 386 g/mol. The van der Waals surface area contributed by atoms with Crippen molar-refractivity contribution in [3.05, 3.63) is 83.3 Å². The van der Waals surface area contributed by atoms with Gasteiger partial charge in [-0.25, -0.2) is 9.97 Å². The Morgan fingerprint density at radius 1 is 0.731 bits per heavy atom. The van der Waals surface area contributed by atoms with E-state index in [9.17, 15) is 0 Å². The predicted octanol–water partition coefficient (Wildman–Crippen LogP) is 6.21. The van der Waals surface area contributed by atoms with Gasteiger partial charge in [0.05, 0.1) is 16.6 Å². The minimum Gasteiger partial charge on any atom is -0.337 e. The number of hydrogen-bond donors (Lipinski definition) is 1. The lowest BCUT2D eigenvalue weighted by Gasteiger charge is -2.09. The summed E-state index contributed by atoms with van der Waals surface area (Å²) >= 11 is 3.58. The highest BCUT2D eigenvalue weighted by Crippen LogP contribution is 2.33. The van der Waals surface area contributed by atoms with E-state index in [0.717, 1.165) is 49.1 Å². The Morgan fingerprint density at radius 2 is 1.54 bits per heavy atom. The molecule has 0 bridgehead atoms. The predicted molar refractivity (Wildman–Crippen MR) is 110 cm³/mol. The van der Waals surface area contributed by atoms with Crippen LogP contribution >= 0.6 is 15.9 Å². The Bertz CT molecular complexity index is 1210. The van der Waals surface area contributed by atoms with Crippen molar-refractivity contribution in [2.24, 2.45) is 0 Å². The molecule has 26 heavy (non-hydrogen) atoms. The van der Waals surface area contributed by atoms with E-state index in [1.807, 2.05) is 42.5 Å². The monoisotopic (exact) mass is 399 g/mol. The van der Waals surface area contributed by atoms with Crippen LogP contribution in [-0.2, 0) is 0 Å². The number of aromatic amines is 1. The summed E-state index contributed by atoms with van der Waals surface area (Å²) in [5.41, 5.74) is 6.06. The fourth-order valence-electron chi connectivity index (χ4n) is 3.25. The van der Waals surface area contributed by atoms with Gasteiger partial charge in [0.15, 0.2) is 5.82 Å². The van der Waals surface area contributed by atoms with Gasteiger partial charge >= 0.3 is 0 Å². The first-order valence-corrected chi connectivity index (χ1v) is 9.18. The van der Waals surface area contributed by atoms with Gasteiger partial charge < -0.3 is 4.98 Å². The van der Waals surface area contributed by atoms with Gasteiger partial charge in [-0.05, 0) is 47.5 Å². The zero-order valence-corrected chi connectivity index (χ0v) is 15.4. The summed E-state index contributed by atoms with van der Waals surface area (Å²) in [4.78, 5) is 13.0. The number of nitrogens with one attached hydrogen (secondary N) is 1. The summed E-state index contributed by atoms with van der Waals surface area (Å²) in [7, 11) is 0. The highest BCUT2D eigenvalue weighted by molar-refractivity contribution is 9.10. The van der Waals surface area contributed by atoms with Crippen molar-refractivity contribution in [3.63, 3.8) is 0 Å². The second-order valence-corrected chi connectivity index (χ2v) is 7.10. The maximum Gasteiger partial charge on any atom is 0.157 e. The van der Waals surface area contributed by atoms with Crippen LogP contribution in [0.4, 0.5) is 0 Å². The standard InChI is InChI=1S/C22H14BrN3/c23-15-10-11-18-17(12-15)16(14-6-2-1-3-7-14)13-21(24-18)22-25-19-8-4-5-9-20(19)26-22/h1-13H,(H,25,26). The molecule has 5 rings (SSSR count). The number of hydrogen-bond acceptors (Lipinski definition) is 2. The molecule has 0 aliphatic carbocycles. The van der Waals surface area contributed by atoms with Gasteiger partial charge in [0.25, 0.3) is 0 Å². The van der Waals surface area contributed by atoms with Gasteiger partial charge in [0.1, 0.15) is 5.69 Å². The first kappa shape index (κ1) is 15.3. The molecule has 3 nitrogen and oxygen atoms in total. The van der Waals surface area contributed by atoms with E-state index in [2.05, 4.69) is 57.3 Å². The second kappa shape index (κ2) is 6.07. The SMILES string of the molecule is Brc1ccc2nc(-c3nc4ccccc4[nH]3)cc(-c3ccccc3)c2c1. The van der Waals surface area contributed by atoms with Crippen molar-refractivity contribution >= 4 is 37.9 Å². The Labute approximate surface area is 158 Å². The van der Waals surface area contributed by atoms with Gasteiger partial charge in [-0.2, -0.15) is 0 Å². The number of pyridine rings is 1. The van der Waals surface area contributed by atoms with E-state index in [1.165, 1.54) is 0 Å². The van der Waals surface area contributed by atoms with Crippen LogP contribution in [0, 0.1) is 0 Å². The normalized spacial score (nSPS) is 11.3. The molecule has 4 heteroatoms. The second-order valence-electron chi connectivity index (χ2n) is 6.19. The van der Waals surface area contributed by atoms with Crippen LogP contribution in [0.15, 0.2) is 83.3 Å². The van der Waals surface area contributed by atoms with Crippen LogP contribution in [0.3, 0.4) is 0 Å². The molecule has 2 aromatic heterocycles. The van der Waals surface area contributed by atoms with Crippen LogP contribution in [-0.4, -0.2) is 15.0 Å². The molecule has 3 aromatic carbocycles. The number of nitrogens with zero attached hydrogens (tertiary/aromatic N) is 2. The largest absolute Gasteiger partial charge is 0.337 e. The number of halogens is 1. The van der Waals surface area contributed by atoms with Gasteiger partial charge in [0, 0.05) is 9.86 Å². The number of para-hydroxylation sites is 2. The van der Waals surface area contributed by atoms with E-state index < -0.39 is 0 Å². The third kappa shape index (κ3) is 2.59. The molecule has 5 aromatic rings. The summed E-state index contributed by atoms with van der Waals surface area (Å²) in [6.45, 7) is 0. The first-order chi connectivity index (χ1) is 12.8. The molecule has 124 valence electrons. The molecule has 0 fully saturated rings. The molecule has 0 aliphatic rings. The zero-order valence-electron chi connectivity index (χ0n) is 13.8. The maximum atomic E-state index is 4.85. The summed E-state index contributed by atoms with van der Waals surface area (Å²) in [6, 6.07) is 26.7. The molecule has 1 N–H and O–H groups in total. The highest BCUT2D eigenvalue weighted by Gasteiger charge is 2.12. The minimum atomic E-state index is 0.785. The molecular formula is C22H14BrN3. The average molecular weight is 400 g/mol. The van der Waals surface area contributed by atoms with Crippen molar-refractivity contribution in [2.45, 2.75) is 0 Å². The lowest BCUT2D eigenvalue weighted by molar-refractivity contribution is 1.27. The van der Waals surface area contributed by atoms with Crippen LogP contribution < -0.4 is 0 Å². The molecule has 0 unspecified atom stereocenters. The maximum absolute atomic E-state index is 4.85. The summed E-state index contributed by atoms with van der Waals surface area (Å²) in [5.74, 6) is 0.785. The topological polar surface area (TPSA) is 41.6 Å². The van der Waals surface area contributed by atoms with Crippen molar-refractivity contribution in [3.8, 4) is 22.6 Å². The molecule has 0 spiro atoms. The third-order valence-electron chi connectivity index (χ3n) is 4.49. The number of imidazole rings is 1. The summed E-state index contributed by atoms with van der Waals surface area (Å²) in [6.07, 6.45) is 0. The van der Waals surface area contributed by atoms with Gasteiger partial charge in [0.2, 0.25) is 0 Å². The van der Waals surface area contributed by atoms with Gasteiger partial charge in [-0.15, -0.1) is 0 Å². The quantitative estimate of drug-likeness (QED) is 0.383. The first-order valence-electron chi connectivity index (χ1n) is 8.39. The number of benzene rings is 3. The molecule has 0 aliphatic heterocycles. The van der Waals surface area contributed by atoms with Crippen molar-refractivity contribution < 1.29 is 0 Å². The van der Waals surface area contributed by atoms with Gasteiger partial charge in [-0.3, -0.25) is 0 Å². The van der Waals surface area contributed by atoms with E-state index >= 15 is 0 Å². The van der Waals surface area contributed by atoms with Crippen LogP contribution in [0.2, 0.25) is 0 Å². The van der Waals surface area contributed by atoms with E-state index in [0.29, 0.717) is 0 Å². The van der Waals surface area contributed by atoms with Crippen LogP contribution in [0.1, 0.15) is 0 Å². The fourth-order valence-corrected chi connectivity index (χ4v) is 3.61. The molecule has 2 heterocycles. The highest BCUT2D eigenvalue weighted by atomic mass is 79.9. The molecule has 0 saturated heterocycles.